The second kappa shape index (κ2) is 9.23. The molecule has 0 aliphatic heterocycles. The van der Waals surface area contributed by atoms with Crippen LogP contribution in [0.15, 0.2) is 55.0 Å². The molecule has 1 aromatic carbocycles. The number of nitrogens with one attached hydrogen (secondary N) is 1. The van der Waals surface area contributed by atoms with E-state index < -0.39 is 0 Å². The number of carbonyl (C=O) groups excluding carboxylic acids is 1. The number of hydrogen-bond acceptors (Lipinski definition) is 3. The van der Waals surface area contributed by atoms with Crippen LogP contribution in [-0.2, 0) is 11.3 Å². The van der Waals surface area contributed by atoms with E-state index >= 15 is 0 Å². The SMILES string of the molecule is CN(CCNC(=O)Cn1ccc2cccc(-c3cccnc3)c21)C1CCCCC1. The zero-order chi connectivity index (χ0) is 20.1. The molecule has 5 nitrogen and oxygen atoms in total. The standard InChI is InChI=1S/C24H30N4O/c1-27(21-9-3-2-4-10-21)16-14-26-23(29)18-28-15-12-19-7-5-11-22(24(19)28)20-8-6-13-25-17-20/h5-8,11-13,15,17,21H,2-4,9-10,14,16,18H2,1H3,(H,26,29). The van der Waals surface area contributed by atoms with Gasteiger partial charge in [0.25, 0.3) is 0 Å². The molecule has 2 heterocycles. The number of aromatic nitrogens is 2. The van der Waals surface area contributed by atoms with Gasteiger partial charge >= 0.3 is 0 Å². The van der Waals surface area contributed by atoms with Gasteiger partial charge in [-0.05, 0) is 32.0 Å². The average molecular weight is 391 g/mol. The van der Waals surface area contributed by atoms with Crippen LogP contribution in [0.1, 0.15) is 32.1 Å². The van der Waals surface area contributed by atoms with Crippen molar-refractivity contribution in [3.8, 4) is 11.1 Å². The van der Waals surface area contributed by atoms with Crippen molar-refractivity contribution in [2.75, 3.05) is 20.1 Å². The highest BCUT2D eigenvalue weighted by Crippen LogP contribution is 2.29. The lowest BCUT2D eigenvalue weighted by Crippen LogP contribution is -2.40. The minimum atomic E-state index is 0.0560. The molecular weight excluding hydrogens is 360 g/mol. The van der Waals surface area contributed by atoms with Gasteiger partial charge in [-0.15, -0.1) is 0 Å². The number of pyridine rings is 1. The number of benzene rings is 1. The molecule has 0 unspecified atom stereocenters. The van der Waals surface area contributed by atoms with Gasteiger partial charge < -0.3 is 14.8 Å². The summed E-state index contributed by atoms with van der Waals surface area (Å²) in [6.45, 7) is 1.93. The van der Waals surface area contributed by atoms with E-state index in [9.17, 15) is 4.79 Å². The zero-order valence-corrected chi connectivity index (χ0v) is 17.2. The molecule has 1 amide bonds. The van der Waals surface area contributed by atoms with Gasteiger partial charge in [-0.3, -0.25) is 9.78 Å². The van der Waals surface area contributed by atoms with Crippen molar-refractivity contribution >= 4 is 16.8 Å². The lowest BCUT2D eigenvalue weighted by molar-refractivity contribution is -0.121. The number of rotatable bonds is 7. The molecule has 0 bridgehead atoms. The molecule has 5 heteroatoms. The monoisotopic (exact) mass is 390 g/mol. The maximum absolute atomic E-state index is 12.6. The van der Waals surface area contributed by atoms with Crippen LogP contribution in [0.4, 0.5) is 0 Å². The van der Waals surface area contributed by atoms with Crippen LogP contribution in [0, 0.1) is 0 Å². The normalized spacial score (nSPS) is 15.1. The van der Waals surface area contributed by atoms with Crippen LogP contribution in [0.5, 0.6) is 0 Å². The minimum Gasteiger partial charge on any atom is -0.353 e. The first-order chi connectivity index (χ1) is 14.2. The van der Waals surface area contributed by atoms with Gasteiger partial charge in [0.05, 0.1) is 5.52 Å². The largest absolute Gasteiger partial charge is 0.353 e. The van der Waals surface area contributed by atoms with E-state index in [1.54, 1.807) is 6.20 Å². The lowest BCUT2D eigenvalue weighted by atomic mass is 9.94. The van der Waals surface area contributed by atoms with Crippen molar-refractivity contribution in [3.63, 3.8) is 0 Å². The quantitative estimate of drug-likeness (QED) is 0.661. The molecule has 0 atom stereocenters. The van der Waals surface area contributed by atoms with Crippen LogP contribution in [0.2, 0.25) is 0 Å². The molecule has 3 aromatic rings. The Morgan fingerprint density at radius 3 is 2.83 bits per heavy atom. The number of likely N-dealkylation sites (N-methyl/N-ethyl adjacent to an activating group) is 1. The Balaban J connectivity index is 1.39. The van der Waals surface area contributed by atoms with Crippen molar-refractivity contribution in [1.82, 2.24) is 19.8 Å². The fraction of sp³-hybridized carbons (Fsp3) is 0.417. The van der Waals surface area contributed by atoms with Crippen molar-refractivity contribution in [2.24, 2.45) is 0 Å². The van der Waals surface area contributed by atoms with Gasteiger partial charge in [0, 0.05) is 54.2 Å². The Bertz CT molecular complexity index is 944. The van der Waals surface area contributed by atoms with Crippen LogP contribution < -0.4 is 5.32 Å². The van der Waals surface area contributed by atoms with E-state index in [0.717, 1.165) is 28.6 Å². The summed E-state index contributed by atoms with van der Waals surface area (Å²) in [6.07, 6.45) is 12.3. The molecule has 1 aliphatic carbocycles. The minimum absolute atomic E-state index is 0.0560. The predicted molar refractivity (Wildman–Crippen MR) is 118 cm³/mol. The maximum Gasteiger partial charge on any atom is 0.239 e. The second-order valence-electron chi connectivity index (χ2n) is 8.05. The molecule has 2 aromatic heterocycles. The Morgan fingerprint density at radius 2 is 2.03 bits per heavy atom. The smallest absolute Gasteiger partial charge is 0.239 e. The molecule has 152 valence electrons. The molecule has 0 radical (unpaired) electrons. The fourth-order valence-corrected chi connectivity index (χ4v) is 4.43. The van der Waals surface area contributed by atoms with Crippen molar-refractivity contribution in [2.45, 2.75) is 44.7 Å². The highest BCUT2D eigenvalue weighted by molar-refractivity contribution is 5.95. The van der Waals surface area contributed by atoms with E-state index in [1.165, 1.54) is 32.1 Å². The Morgan fingerprint density at radius 1 is 1.17 bits per heavy atom. The Hall–Kier alpha value is -2.66. The number of nitrogens with zero attached hydrogens (tertiary/aromatic N) is 3. The summed E-state index contributed by atoms with van der Waals surface area (Å²) in [7, 11) is 2.18. The topological polar surface area (TPSA) is 50.2 Å². The van der Waals surface area contributed by atoms with Gasteiger partial charge in [-0.25, -0.2) is 0 Å². The van der Waals surface area contributed by atoms with E-state index in [1.807, 2.05) is 23.0 Å². The van der Waals surface area contributed by atoms with E-state index in [2.05, 4.69) is 52.6 Å². The summed E-state index contributed by atoms with van der Waals surface area (Å²) in [4.78, 5) is 19.2. The predicted octanol–water partition coefficient (Wildman–Crippen LogP) is 4.08. The zero-order valence-electron chi connectivity index (χ0n) is 17.2. The maximum atomic E-state index is 12.6. The molecule has 4 rings (SSSR count). The van der Waals surface area contributed by atoms with Crippen molar-refractivity contribution in [1.29, 1.82) is 0 Å². The Kier molecular flexibility index (Phi) is 6.25. The summed E-state index contributed by atoms with van der Waals surface area (Å²) >= 11 is 0. The first kappa shape index (κ1) is 19.6. The molecule has 29 heavy (non-hydrogen) atoms. The van der Waals surface area contributed by atoms with Crippen LogP contribution in [0.3, 0.4) is 0 Å². The van der Waals surface area contributed by atoms with Crippen molar-refractivity contribution < 1.29 is 4.79 Å². The number of fused-ring (bicyclic) bond motifs is 1. The number of carbonyl (C=O) groups is 1. The molecule has 1 saturated carbocycles. The number of hydrogen-bond donors (Lipinski definition) is 1. The number of para-hydroxylation sites is 1. The summed E-state index contributed by atoms with van der Waals surface area (Å²) in [5, 5.41) is 4.24. The first-order valence-electron chi connectivity index (χ1n) is 10.7. The van der Waals surface area contributed by atoms with Gasteiger partial charge in [0.15, 0.2) is 0 Å². The first-order valence-corrected chi connectivity index (χ1v) is 10.7. The van der Waals surface area contributed by atoms with Gasteiger partial charge in [0.1, 0.15) is 6.54 Å². The second-order valence-corrected chi connectivity index (χ2v) is 8.05. The molecule has 1 fully saturated rings. The molecule has 0 spiro atoms. The number of amides is 1. The van der Waals surface area contributed by atoms with Gasteiger partial charge in [-0.2, -0.15) is 0 Å². The van der Waals surface area contributed by atoms with Crippen LogP contribution in [0.25, 0.3) is 22.0 Å². The van der Waals surface area contributed by atoms with Gasteiger partial charge in [0.2, 0.25) is 5.91 Å². The summed E-state index contributed by atoms with van der Waals surface area (Å²) in [5.74, 6) is 0.0560. The lowest BCUT2D eigenvalue weighted by Gasteiger charge is -2.31. The molecular formula is C24H30N4O. The summed E-state index contributed by atoms with van der Waals surface area (Å²) < 4.78 is 2.04. The average Bonchev–Trinajstić information content (AvgIpc) is 3.18. The highest BCUT2D eigenvalue weighted by Gasteiger charge is 2.17. The fourth-order valence-electron chi connectivity index (χ4n) is 4.43. The van der Waals surface area contributed by atoms with E-state index in [4.69, 9.17) is 0 Å². The molecule has 0 saturated heterocycles. The molecule has 1 aliphatic rings. The summed E-state index contributed by atoms with van der Waals surface area (Å²) in [6, 6.07) is 13.0. The van der Waals surface area contributed by atoms with E-state index in [0.29, 0.717) is 19.1 Å². The highest BCUT2D eigenvalue weighted by atomic mass is 16.1. The van der Waals surface area contributed by atoms with Crippen LogP contribution in [-0.4, -0.2) is 46.5 Å². The Labute approximate surface area is 172 Å². The third kappa shape index (κ3) is 4.67. The molecule has 1 N–H and O–H groups in total. The van der Waals surface area contributed by atoms with E-state index in [-0.39, 0.29) is 5.91 Å². The summed E-state index contributed by atoms with van der Waals surface area (Å²) in [5.41, 5.74) is 3.24. The third-order valence-electron chi connectivity index (χ3n) is 6.06. The third-order valence-corrected chi connectivity index (χ3v) is 6.06. The van der Waals surface area contributed by atoms with Crippen LogP contribution >= 0.6 is 0 Å². The van der Waals surface area contributed by atoms with Crippen molar-refractivity contribution in [3.05, 3.63) is 55.0 Å². The van der Waals surface area contributed by atoms with Gasteiger partial charge in [-0.1, -0.05) is 43.5 Å².